The summed E-state index contributed by atoms with van der Waals surface area (Å²) in [6.45, 7) is 4.26. The molecule has 0 radical (unpaired) electrons. The third-order valence-electron chi connectivity index (χ3n) is 2.78. The van der Waals surface area contributed by atoms with E-state index in [0.29, 0.717) is 0 Å². The average molecular weight is 258 g/mol. The third kappa shape index (κ3) is 4.42. The highest BCUT2D eigenvalue weighted by atomic mass is 16.5. The van der Waals surface area contributed by atoms with Gasteiger partial charge in [-0.3, -0.25) is 0 Å². The van der Waals surface area contributed by atoms with Gasteiger partial charge in [0.1, 0.15) is 5.75 Å². The van der Waals surface area contributed by atoms with Crippen LogP contribution in [0.25, 0.3) is 11.1 Å². The minimum absolute atomic E-state index is 0.897. The van der Waals surface area contributed by atoms with Crippen molar-refractivity contribution in [1.82, 2.24) is 0 Å². The van der Waals surface area contributed by atoms with E-state index < -0.39 is 0 Å². The molecule has 0 saturated carbocycles. The van der Waals surface area contributed by atoms with Gasteiger partial charge in [0.2, 0.25) is 0 Å². The Morgan fingerprint density at radius 3 is 1.84 bits per heavy atom. The maximum Gasteiger partial charge on any atom is 0.118 e. The highest BCUT2D eigenvalue weighted by molar-refractivity contribution is 5.68. The average Bonchev–Trinajstić information content (AvgIpc) is 2.40. The fourth-order valence-corrected chi connectivity index (χ4v) is 1.91. The van der Waals surface area contributed by atoms with Crippen LogP contribution >= 0.6 is 0 Å². The molecule has 0 N–H and O–H groups in total. The van der Waals surface area contributed by atoms with E-state index in [2.05, 4.69) is 48.9 Å². The molecule has 2 rings (SSSR count). The maximum absolute atomic E-state index is 5.15. The molecule has 0 heterocycles. The summed E-state index contributed by atoms with van der Waals surface area (Å²) < 4.78 is 9.40. The molecule has 2 aromatic carbocycles. The molecule has 0 fully saturated rings. The highest BCUT2D eigenvalue weighted by Crippen LogP contribution is 2.25. The quantitative estimate of drug-likeness (QED) is 0.802. The van der Waals surface area contributed by atoms with E-state index in [-0.39, 0.29) is 0 Å². The van der Waals surface area contributed by atoms with Crippen LogP contribution in [0.1, 0.15) is 11.1 Å². The van der Waals surface area contributed by atoms with Gasteiger partial charge in [0.25, 0.3) is 0 Å². The molecule has 0 spiro atoms. The standard InChI is InChI=1S/C15H16O.C2H6O/c1-11-4-9-15(12(2)10-11)13-5-7-14(16-3)8-6-13;1-3-2/h4-10H,1-3H3;1-2H3. The lowest BCUT2D eigenvalue weighted by atomic mass is 9.99. The van der Waals surface area contributed by atoms with Crippen molar-refractivity contribution < 1.29 is 9.47 Å². The van der Waals surface area contributed by atoms with Gasteiger partial charge >= 0.3 is 0 Å². The molecular formula is C17H22O2. The van der Waals surface area contributed by atoms with Crippen molar-refractivity contribution >= 4 is 0 Å². The zero-order chi connectivity index (χ0) is 14.3. The molecular weight excluding hydrogens is 236 g/mol. The number of methoxy groups -OCH3 is 2. The zero-order valence-electron chi connectivity index (χ0n) is 12.4. The second-order valence-electron chi connectivity index (χ2n) is 4.46. The van der Waals surface area contributed by atoms with Gasteiger partial charge in [-0.2, -0.15) is 0 Å². The number of aryl methyl sites for hydroxylation is 2. The monoisotopic (exact) mass is 258 g/mol. The van der Waals surface area contributed by atoms with Gasteiger partial charge in [-0.1, -0.05) is 35.9 Å². The minimum atomic E-state index is 0.897. The molecule has 0 saturated heterocycles. The Morgan fingerprint density at radius 1 is 0.789 bits per heavy atom. The van der Waals surface area contributed by atoms with Crippen LogP contribution in [-0.2, 0) is 4.74 Å². The summed E-state index contributed by atoms with van der Waals surface area (Å²) in [4.78, 5) is 0. The molecule has 0 aliphatic heterocycles. The summed E-state index contributed by atoms with van der Waals surface area (Å²) in [6.07, 6.45) is 0. The molecule has 0 amide bonds. The summed E-state index contributed by atoms with van der Waals surface area (Å²) in [5.41, 5.74) is 5.13. The lowest BCUT2D eigenvalue weighted by Gasteiger charge is -2.08. The smallest absolute Gasteiger partial charge is 0.118 e. The van der Waals surface area contributed by atoms with Crippen molar-refractivity contribution in [3.8, 4) is 16.9 Å². The van der Waals surface area contributed by atoms with Crippen molar-refractivity contribution in [1.29, 1.82) is 0 Å². The Hall–Kier alpha value is -1.80. The number of benzene rings is 2. The Labute approximate surface area is 116 Å². The van der Waals surface area contributed by atoms with Crippen molar-refractivity contribution in [3.05, 3.63) is 53.6 Å². The van der Waals surface area contributed by atoms with E-state index in [4.69, 9.17) is 4.74 Å². The van der Waals surface area contributed by atoms with Gasteiger partial charge in [-0.15, -0.1) is 0 Å². The van der Waals surface area contributed by atoms with Crippen LogP contribution in [0.4, 0.5) is 0 Å². The first-order chi connectivity index (χ1) is 9.12. The lowest BCUT2D eigenvalue weighted by Crippen LogP contribution is -1.86. The largest absolute Gasteiger partial charge is 0.497 e. The highest BCUT2D eigenvalue weighted by Gasteiger charge is 2.01. The van der Waals surface area contributed by atoms with Crippen molar-refractivity contribution in [3.63, 3.8) is 0 Å². The molecule has 0 aromatic heterocycles. The molecule has 0 bridgehead atoms. The Morgan fingerprint density at radius 2 is 1.37 bits per heavy atom. The number of hydrogen-bond acceptors (Lipinski definition) is 2. The molecule has 19 heavy (non-hydrogen) atoms. The van der Waals surface area contributed by atoms with Crippen LogP contribution < -0.4 is 4.74 Å². The maximum atomic E-state index is 5.15. The molecule has 0 aliphatic carbocycles. The lowest BCUT2D eigenvalue weighted by molar-refractivity contribution is 0.277. The molecule has 102 valence electrons. The molecule has 2 nitrogen and oxygen atoms in total. The normalized spacial score (nSPS) is 9.53. The van der Waals surface area contributed by atoms with Gasteiger partial charge < -0.3 is 9.47 Å². The van der Waals surface area contributed by atoms with E-state index in [1.807, 2.05) is 12.1 Å². The number of hydrogen-bond donors (Lipinski definition) is 0. The van der Waals surface area contributed by atoms with Gasteiger partial charge in [0.05, 0.1) is 7.11 Å². The second kappa shape index (κ2) is 7.59. The first-order valence-corrected chi connectivity index (χ1v) is 6.24. The predicted molar refractivity (Wildman–Crippen MR) is 80.8 cm³/mol. The van der Waals surface area contributed by atoms with Crippen LogP contribution in [0, 0.1) is 13.8 Å². The molecule has 2 heteroatoms. The van der Waals surface area contributed by atoms with Gasteiger partial charge in [-0.05, 0) is 42.7 Å². The van der Waals surface area contributed by atoms with E-state index in [1.54, 1.807) is 21.3 Å². The van der Waals surface area contributed by atoms with Crippen molar-refractivity contribution in [2.24, 2.45) is 0 Å². The fourth-order valence-electron chi connectivity index (χ4n) is 1.91. The summed E-state index contributed by atoms with van der Waals surface area (Å²) in [5, 5.41) is 0. The Balaban J connectivity index is 0.000000550. The second-order valence-corrected chi connectivity index (χ2v) is 4.46. The van der Waals surface area contributed by atoms with Crippen LogP contribution in [-0.4, -0.2) is 21.3 Å². The predicted octanol–water partition coefficient (Wildman–Crippen LogP) is 4.24. The van der Waals surface area contributed by atoms with Crippen molar-refractivity contribution in [2.75, 3.05) is 21.3 Å². The summed E-state index contributed by atoms with van der Waals surface area (Å²) in [6, 6.07) is 14.7. The van der Waals surface area contributed by atoms with E-state index in [1.165, 1.54) is 22.3 Å². The summed E-state index contributed by atoms with van der Waals surface area (Å²) >= 11 is 0. The van der Waals surface area contributed by atoms with Gasteiger partial charge in [0.15, 0.2) is 0 Å². The Bertz CT molecular complexity index is 501. The van der Waals surface area contributed by atoms with E-state index in [0.717, 1.165) is 5.75 Å². The molecule has 2 aromatic rings. The first-order valence-electron chi connectivity index (χ1n) is 6.24. The van der Waals surface area contributed by atoms with E-state index in [9.17, 15) is 0 Å². The Kier molecular flexibility index (Phi) is 6.10. The fraction of sp³-hybridized carbons (Fsp3) is 0.294. The van der Waals surface area contributed by atoms with Crippen LogP contribution in [0.3, 0.4) is 0 Å². The number of ether oxygens (including phenoxy) is 2. The zero-order valence-corrected chi connectivity index (χ0v) is 12.4. The molecule has 0 aliphatic rings. The number of rotatable bonds is 2. The van der Waals surface area contributed by atoms with Crippen LogP contribution in [0.15, 0.2) is 42.5 Å². The van der Waals surface area contributed by atoms with Gasteiger partial charge in [0, 0.05) is 14.2 Å². The summed E-state index contributed by atoms with van der Waals surface area (Å²) in [5.74, 6) is 0.897. The van der Waals surface area contributed by atoms with Gasteiger partial charge in [-0.25, -0.2) is 0 Å². The SMILES string of the molecule is COC.COc1ccc(-c2ccc(C)cc2C)cc1. The van der Waals surface area contributed by atoms with Crippen LogP contribution in [0.5, 0.6) is 5.75 Å². The third-order valence-corrected chi connectivity index (χ3v) is 2.78. The minimum Gasteiger partial charge on any atom is -0.497 e. The van der Waals surface area contributed by atoms with E-state index >= 15 is 0 Å². The molecule has 0 atom stereocenters. The topological polar surface area (TPSA) is 18.5 Å². The van der Waals surface area contributed by atoms with Crippen LogP contribution in [0.2, 0.25) is 0 Å². The summed E-state index contributed by atoms with van der Waals surface area (Å²) in [7, 11) is 4.94. The first kappa shape index (κ1) is 15.3. The molecule has 0 unspecified atom stereocenters. The van der Waals surface area contributed by atoms with Crippen molar-refractivity contribution in [2.45, 2.75) is 13.8 Å².